The Morgan fingerprint density at radius 3 is 2.82 bits per heavy atom. The summed E-state index contributed by atoms with van der Waals surface area (Å²) in [5.74, 6) is 0.671. The van der Waals surface area contributed by atoms with Crippen LogP contribution in [-0.4, -0.2) is 31.6 Å². The molecule has 0 atom stereocenters. The number of rotatable bonds is 8. The molecule has 3 aromatic heterocycles. The largest absolute Gasteiger partial charge is 0.352 e. The molecule has 28 heavy (non-hydrogen) atoms. The van der Waals surface area contributed by atoms with Crippen molar-refractivity contribution in [3.05, 3.63) is 84.6 Å². The summed E-state index contributed by atoms with van der Waals surface area (Å²) in [6.07, 6.45) is 8.54. The zero-order chi connectivity index (χ0) is 19.2. The zero-order valence-electron chi connectivity index (χ0n) is 15.4. The van der Waals surface area contributed by atoms with Crippen LogP contribution >= 0.6 is 11.8 Å². The van der Waals surface area contributed by atoms with Gasteiger partial charge in [0, 0.05) is 48.5 Å². The van der Waals surface area contributed by atoms with E-state index in [0.717, 1.165) is 29.2 Å². The Hall–Kier alpha value is -3.06. The van der Waals surface area contributed by atoms with Crippen LogP contribution in [0.4, 0.5) is 0 Å². The summed E-state index contributed by atoms with van der Waals surface area (Å²) in [7, 11) is 0. The number of benzene rings is 1. The number of aromatic nitrogens is 4. The topological polar surface area (TPSA) is 64.2 Å². The summed E-state index contributed by atoms with van der Waals surface area (Å²) in [5, 5.41) is 7.18. The molecule has 0 bridgehead atoms. The molecule has 4 aromatic rings. The highest BCUT2D eigenvalue weighted by molar-refractivity contribution is 7.98. The van der Waals surface area contributed by atoms with E-state index in [1.165, 1.54) is 0 Å². The van der Waals surface area contributed by atoms with E-state index < -0.39 is 0 Å². The molecule has 1 amide bonds. The Balaban J connectivity index is 1.35. The molecule has 0 aliphatic heterocycles. The number of fused-ring (bicyclic) bond motifs is 1. The maximum Gasteiger partial charge on any atom is 0.252 e. The van der Waals surface area contributed by atoms with Gasteiger partial charge in [-0.2, -0.15) is 5.10 Å². The van der Waals surface area contributed by atoms with Crippen LogP contribution in [0.3, 0.4) is 0 Å². The lowest BCUT2D eigenvalue weighted by molar-refractivity contribution is 0.0949. The normalized spacial score (nSPS) is 11.0. The first kappa shape index (κ1) is 18.3. The monoisotopic (exact) mass is 391 g/mol. The molecule has 0 saturated heterocycles. The molecule has 6 nitrogen and oxygen atoms in total. The predicted octanol–water partition coefficient (Wildman–Crippen LogP) is 3.64. The second-order valence-electron chi connectivity index (χ2n) is 6.36. The van der Waals surface area contributed by atoms with Gasteiger partial charge in [-0.3, -0.25) is 9.48 Å². The molecule has 1 aromatic carbocycles. The summed E-state index contributed by atoms with van der Waals surface area (Å²) in [6, 6.07) is 15.6. The van der Waals surface area contributed by atoms with Crippen molar-refractivity contribution in [1.82, 2.24) is 24.5 Å². The quantitative estimate of drug-likeness (QED) is 0.368. The molecule has 7 heteroatoms. The van der Waals surface area contributed by atoms with Crippen molar-refractivity contribution in [3.8, 4) is 0 Å². The number of carbonyl (C=O) groups excluding carboxylic acids is 1. The van der Waals surface area contributed by atoms with Crippen molar-refractivity contribution < 1.29 is 4.79 Å². The Morgan fingerprint density at radius 1 is 1.07 bits per heavy atom. The summed E-state index contributed by atoms with van der Waals surface area (Å²) in [5.41, 5.74) is 2.63. The van der Waals surface area contributed by atoms with Gasteiger partial charge in [-0.25, -0.2) is 4.98 Å². The molecule has 142 valence electrons. The third-order valence-electron chi connectivity index (χ3n) is 4.33. The van der Waals surface area contributed by atoms with Crippen molar-refractivity contribution in [3.63, 3.8) is 0 Å². The Morgan fingerprint density at radius 2 is 1.96 bits per heavy atom. The number of imidazole rings is 1. The van der Waals surface area contributed by atoms with E-state index in [1.807, 2.05) is 76.2 Å². The molecular weight excluding hydrogens is 370 g/mol. The van der Waals surface area contributed by atoms with Gasteiger partial charge in [-0.05, 0) is 36.8 Å². The number of hydrogen-bond acceptors (Lipinski definition) is 4. The lowest BCUT2D eigenvalue weighted by Gasteiger charge is -2.09. The van der Waals surface area contributed by atoms with Crippen LogP contribution in [0.1, 0.15) is 22.5 Å². The highest BCUT2D eigenvalue weighted by atomic mass is 32.2. The first-order valence-corrected chi connectivity index (χ1v) is 10.2. The SMILES string of the molecule is O=C(NCCCn1cccn1)c1ccccc1SCc1cn2ccccc2n1. The molecule has 3 heterocycles. The van der Waals surface area contributed by atoms with E-state index in [0.29, 0.717) is 17.9 Å². The predicted molar refractivity (Wildman–Crippen MR) is 110 cm³/mol. The average molecular weight is 392 g/mol. The van der Waals surface area contributed by atoms with E-state index in [9.17, 15) is 4.79 Å². The van der Waals surface area contributed by atoms with E-state index in [-0.39, 0.29) is 5.91 Å². The van der Waals surface area contributed by atoms with Crippen LogP contribution in [0.2, 0.25) is 0 Å². The summed E-state index contributed by atoms with van der Waals surface area (Å²) >= 11 is 1.63. The second kappa shape index (κ2) is 8.75. The lowest BCUT2D eigenvalue weighted by Crippen LogP contribution is -2.25. The molecule has 0 unspecified atom stereocenters. The van der Waals surface area contributed by atoms with Gasteiger partial charge in [0.05, 0.1) is 11.3 Å². The maximum atomic E-state index is 12.6. The molecule has 4 rings (SSSR count). The van der Waals surface area contributed by atoms with Gasteiger partial charge in [-0.15, -0.1) is 11.8 Å². The highest BCUT2D eigenvalue weighted by Crippen LogP contribution is 2.26. The fourth-order valence-electron chi connectivity index (χ4n) is 2.96. The number of amides is 1. The number of thioether (sulfide) groups is 1. The smallest absolute Gasteiger partial charge is 0.252 e. The number of nitrogens with one attached hydrogen (secondary N) is 1. The van der Waals surface area contributed by atoms with Gasteiger partial charge < -0.3 is 9.72 Å². The van der Waals surface area contributed by atoms with Crippen molar-refractivity contribution in [2.24, 2.45) is 0 Å². The van der Waals surface area contributed by atoms with E-state index in [4.69, 9.17) is 0 Å². The molecule has 0 spiro atoms. The minimum Gasteiger partial charge on any atom is -0.352 e. The van der Waals surface area contributed by atoms with Gasteiger partial charge >= 0.3 is 0 Å². The summed E-state index contributed by atoms with van der Waals surface area (Å²) in [4.78, 5) is 18.2. The fourth-order valence-corrected chi connectivity index (χ4v) is 3.89. The van der Waals surface area contributed by atoms with Gasteiger partial charge in [0.1, 0.15) is 5.65 Å². The minimum atomic E-state index is -0.0430. The van der Waals surface area contributed by atoms with Gasteiger partial charge in [0.15, 0.2) is 0 Å². The van der Waals surface area contributed by atoms with Crippen LogP contribution in [0.15, 0.2) is 78.2 Å². The van der Waals surface area contributed by atoms with Crippen molar-refractivity contribution >= 4 is 23.3 Å². The Bertz CT molecular complexity index is 1020. The molecule has 0 saturated carbocycles. The maximum absolute atomic E-state index is 12.6. The molecule has 0 aliphatic carbocycles. The third-order valence-corrected chi connectivity index (χ3v) is 5.44. The zero-order valence-corrected chi connectivity index (χ0v) is 16.2. The standard InChI is InChI=1S/C21H21N5OS/c27-21(22-10-5-13-26-14-6-11-23-26)18-7-1-2-8-19(18)28-16-17-15-25-12-4-3-9-20(25)24-17/h1-4,6-9,11-12,14-15H,5,10,13,16H2,(H,22,27). The fraction of sp³-hybridized carbons (Fsp3) is 0.190. The van der Waals surface area contributed by atoms with Crippen molar-refractivity contribution in [2.75, 3.05) is 6.54 Å². The van der Waals surface area contributed by atoms with Gasteiger partial charge in [-0.1, -0.05) is 18.2 Å². The van der Waals surface area contributed by atoms with E-state index in [2.05, 4.69) is 15.4 Å². The lowest BCUT2D eigenvalue weighted by atomic mass is 10.2. The number of aryl methyl sites for hydroxylation is 1. The third kappa shape index (κ3) is 4.43. The number of hydrogen-bond donors (Lipinski definition) is 1. The molecule has 1 N–H and O–H groups in total. The van der Waals surface area contributed by atoms with Crippen molar-refractivity contribution in [1.29, 1.82) is 0 Å². The minimum absolute atomic E-state index is 0.0430. The second-order valence-corrected chi connectivity index (χ2v) is 7.38. The van der Waals surface area contributed by atoms with Crippen LogP contribution in [0, 0.1) is 0 Å². The van der Waals surface area contributed by atoms with Gasteiger partial charge in [0.2, 0.25) is 0 Å². The summed E-state index contributed by atoms with van der Waals surface area (Å²) in [6.45, 7) is 1.40. The van der Waals surface area contributed by atoms with Crippen LogP contribution in [0.25, 0.3) is 5.65 Å². The van der Waals surface area contributed by atoms with E-state index in [1.54, 1.807) is 18.0 Å². The highest BCUT2D eigenvalue weighted by Gasteiger charge is 2.12. The first-order valence-electron chi connectivity index (χ1n) is 9.20. The molecule has 0 radical (unpaired) electrons. The first-order chi connectivity index (χ1) is 13.8. The Kier molecular flexibility index (Phi) is 5.72. The molecule has 0 fully saturated rings. The Labute approximate surface area is 167 Å². The molecule has 0 aliphatic rings. The number of carbonyl (C=O) groups is 1. The average Bonchev–Trinajstić information content (AvgIpc) is 3.39. The summed E-state index contributed by atoms with van der Waals surface area (Å²) < 4.78 is 3.87. The van der Waals surface area contributed by atoms with Crippen LogP contribution in [-0.2, 0) is 12.3 Å². The van der Waals surface area contributed by atoms with Crippen molar-refractivity contribution in [2.45, 2.75) is 23.6 Å². The molecular formula is C21H21N5OS. The van der Waals surface area contributed by atoms with E-state index >= 15 is 0 Å². The number of nitrogens with zero attached hydrogens (tertiary/aromatic N) is 4. The van der Waals surface area contributed by atoms with Crippen LogP contribution in [0.5, 0.6) is 0 Å². The van der Waals surface area contributed by atoms with Gasteiger partial charge in [0.25, 0.3) is 5.91 Å². The number of pyridine rings is 1. The van der Waals surface area contributed by atoms with Crippen LogP contribution < -0.4 is 5.32 Å².